The van der Waals surface area contributed by atoms with Gasteiger partial charge in [-0.25, -0.2) is 4.98 Å². The minimum atomic E-state index is 0.126. The predicted octanol–water partition coefficient (Wildman–Crippen LogP) is 3.16. The number of carbonyl (C=O) groups is 1. The number of aryl methyl sites for hydroxylation is 3. The molecular weight excluding hydrogens is 200 g/mol. The van der Waals surface area contributed by atoms with Gasteiger partial charge in [-0.2, -0.15) is 0 Å². The molecular formula is C13H20N2O. The fourth-order valence-electron chi connectivity index (χ4n) is 1.63. The molecule has 0 aliphatic carbocycles. The summed E-state index contributed by atoms with van der Waals surface area (Å²) in [5, 5.41) is 0. The Morgan fingerprint density at radius 1 is 1.00 bits per heavy atom. The number of hydrogen-bond acceptors (Lipinski definition) is 3. The molecule has 0 fully saturated rings. The molecule has 0 radical (unpaired) electrons. The molecule has 1 heterocycles. The van der Waals surface area contributed by atoms with Crippen LogP contribution in [0.15, 0.2) is 0 Å². The zero-order chi connectivity index (χ0) is 12.1. The van der Waals surface area contributed by atoms with Gasteiger partial charge in [0.15, 0.2) is 5.78 Å². The molecule has 88 valence electrons. The summed E-state index contributed by atoms with van der Waals surface area (Å²) < 4.78 is 0. The van der Waals surface area contributed by atoms with Crippen molar-refractivity contribution in [1.82, 2.24) is 9.97 Å². The molecule has 0 saturated carbocycles. The van der Waals surface area contributed by atoms with Crippen molar-refractivity contribution in [3.63, 3.8) is 0 Å². The quantitative estimate of drug-likeness (QED) is 0.565. The Bertz CT molecular complexity index is 386. The van der Waals surface area contributed by atoms with Gasteiger partial charge < -0.3 is 0 Å². The molecule has 3 heteroatoms. The van der Waals surface area contributed by atoms with E-state index < -0.39 is 0 Å². The van der Waals surface area contributed by atoms with E-state index in [2.05, 4.69) is 16.9 Å². The molecule has 0 atom stereocenters. The van der Waals surface area contributed by atoms with Crippen LogP contribution >= 0.6 is 0 Å². The van der Waals surface area contributed by atoms with Gasteiger partial charge in [0, 0.05) is 6.42 Å². The van der Waals surface area contributed by atoms with Crippen LogP contribution in [0.2, 0.25) is 0 Å². The van der Waals surface area contributed by atoms with Gasteiger partial charge in [0.2, 0.25) is 0 Å². The molecule has 0 aromatic carbocycles. The van der Waals surface area contributed by atoms with Crippen molar-refractivity contribution in [2.24, 2.45) is 0 Å². The second kappa shape index (κ2) is 5.73. The summed E-state index contributed by atoms with van der Waals surface area (Å²) in [6.45, 7) is 7.79. The maximum atomic E-state index is 11.9. The molecule has 1 aromatic rings. The smallest absolute Gasteiger partial charge is 0.183 e. The highest BCUT2D eigenvalue weighted by Crippen LogP contribution is 2.11. The van der Waals surface area contributed by atoms with Crippen LogP contribution in [0.4, 0.5) is 0 Å². The Morgan fingerprint density at radius 3 is 2.25 bits per heavy atom. The topological polar surface area (TPSA) is 42.9 Å². The summed E-state index contributed by atoms with van der Waals surface area (Å²) in [6.07, 6.45) is 3.77. The van der Waals surface area contributed by atoms with Crippen molar-refractivity contribution in [1.29, 1.82) is 0 Å². The lowest BCUT2D eigenvalue weighted by molar-refractivity contribution is 0.0973. The van der Waals surface area contributed by atoms with E-state index in [-0.39, 0.29) is 5.78 Å². The van der Waals surface area contributed by atoms with Gasteiger partial charge in [0.1, 0.15) is 5.69 Å². The number of carbonyl (C=O) groups excluding carboxylic acids is 1. The van der Waals surface area contributed by atoms with Gasteiger partial charge in [-0.05, 0) is 27.2 Å². The van der Waals surface area contributed by atoms with Crippen molar-refractivity contribution in [2.75, 3.05) is 0 Å². The van der Waals surface area contributed by atoms with E-state index >= 15 is 0 Å². The average Bonchev–Trinajstić information content (AvgIpc) is 2.23. The van der Waals surface area contributed by atoms with E-state index in [4.69, 9.17) is 0 Å². The van der Waals surface area contributed by atoms with E-state index in [1.165, 1.54) is 0 Å². The molecule has 0 bridgehead atoms. The SMILES string of the molecule is CCCCCC(=O)c1nc(C)c(C)nc1C. The molecule has 0 aliphatic rings. The molecule has 0 N–H and O–H groups in total. The Morgan fingerprint density at radius 2 is 1.62 bits per heavy atom. The number of unbranched alkanes of at least 4 members (excludes halogenated alkanes) is 2. The maximum absolute atomic E-state index is 11.9. The van der Waals surface area contributed by atoms with Crippen molar-refractivity contribution < 1.29 is 4.79 Å². The van der Waals surface area contributed by atoms with Gasteiger partial charge >= 0.3 is 0 Å². The van der Waals surface area contributed by atoms with Gasteiger partial charge in [-0.3, -0.25) is 9.78 Å². The van der Waals surface area contributed by atoms with Gasteiger partial charge in [-0.15, -0.1) is 0 Å². The molecule has 3 nitrogen and oxygen atoms in total. The fraction of sp³-hybridized carbons (Fsp3) is 0.615. The first-order valence-electron chi connectivity index (χ1n) is 5.91. The van der Waals surface area contributed by atoms with Crippen LogP contribution in [-0.2, 0) is 0 Å². The summed E-state index contributed by atoms with van der Waals surface area (Å²) >= 11 is 0. The summed E-state index contributed by atoms with van der Waals surface area (Å²) in [6, 6.07) is 0. The third-order valence-corrected chi connectivity index (χ3v) is 2.75. The van der Waals surface area contributed by atoms with Gasteiger partial charge in [0.05, 0.1) is 17.1 Å². The third kappa shape index (κ3) is 3.12. The molecule has 0 spiro atoms. The second-order valence-corrected chi connectivity index (χ2v) is 4.21. The monoisotopic (exact) mass is 220 g/mol. The maximum Gasteiger partial charge on any atom is 0.183 e. The summed E-state index contributed by atoms with van der Waals surface area (Å²) in [7, 11) is 0. The number of ketones is 1. The highest BCUT2D eigenvalue weighted by molar-refractivity contribution is 5.95. The Balaban J connectivity index is 2.79. The molecule has 0 amide bonds. The first-order valence-corrected chi connectivity index (χ1v) is 5.91. The first-order chi connectivity index (χ1) is 7.56. The normalized spacial score (nSPS) is 10.5. The number of nitrogens with zero attached hydrogens (tertiary/aromatic N) is 2. The third-order valence-electron chi connectivity index (χ3n) is 2.75. The van der Waals surface area contributed by atoms with E-state index in [1.54, 1.807) is 0 Å². The van der Waals surface area contributed by atoms with Gasteiger partial charge in [-0.1, -0.05) is 19.8 Å². The minimum absolute atomic E-state index is 0.126. The largest absolute Gasteiger partial charge is 0.292 e. The second-order valence-electron chi connectivity index (χ2n) is 4.21. The van der Waals surface area contributed by atoms with E-state index in [9.17, 15) is 4.79 Å². The van der Waals surface area contributed by atoms with Crippen LogP contribution in [0.25, 0.3) is 0 Å². The van der Waals surface area contributed by atoms with Crippen molar-refractivity contribution in [3.05, 3.63) is 22.8 Å². The molecule has 0 aliphatic heterocycles. The number of hydrogen-bond donors (Lipinski definition) is 0. The lowest BCUT2D eigenvalue weighted by atomic mass is 10.1. The lowest BCUT2D eigenvalue weighted by Gasteiger charge is -2.06. The Kier molecular flexibility index (Phi) is 4.59. The Hall–Kier alpha value is -1.25. The standard InChI is InChI=1S/C13H20N2O/c1-5-6-7-8-12(16)13-11(4)14-9(2)10(3)15-13/h5-8H2,1-4H3. The van der Waals surface area contributed by atoms with Crippen molar-refractivity contribution >= 4 is 5.78 Å². The summed E-state index contributed by atoms with van der Waals surface area (Å²) in [5.74, 6) is 0.126. The molecule has 0 unspecified atom stereocenters. The molecule has 0 saturated heterocycles. The van der Waals surface area contributed by atoms with E-state index in [1.807, 2.05) is 20.8 Å². The predicted molar refractivity (Wildman–Crippen MR) is 64.7 cm³/mol. The average molecular weight is 220 g/mol. The van der Waals surface area contributed by atoms with Crippen molar-refractivity contribution in [3.8, 4) is 0 Å². The number of rotatable bonds is 5. The van der Waals surface area contributed by atoms with Crippen molar-refractivity contribution in [2.45, 2.75) is 53.4 Å². The van der Waals surface area contributed by atoms with Crippen LogP contribution in [0.3, 0.4) is 0 Å². The fourth-order valence-corrected chi connectivity index (χ4v) is 1.63. The van der Waals surface area contributed by atoms with E-state index in [0.717, 1.165) is 36.3 Å². The zero-order valence-corrected chi connectivity index (χ0v) is 10.6. The van der Waals surface area contributed by atoms with Crippen LogP contribution in [0, 0.1) is 20.8 Å². The van der Waals surface area contributed by atoms with E-state index in [0.29, 0.717) is 12.1 Å². The number of Topliss-reactive ketones (excluding diaryl/α,β-unsaturated/α-hetero) is 1. The molecule has 1 rings (SSSR count). The van der Waals surface area contributed by atoms with Crippen LogP contribution < -0.4 is 0 Å². The summed E-state index contributed by atoms with van der Waals surface area (Å²) in [5.41, 5.74) is 3.07. The molecule has 1 aromatic heterocycles. The summed E-state index contributed by atoms with van der Waals surface area (Å²) in [4.78, 5) is 20.6. The highest BCUT2D eigenvalue weighted by atomic mass is 16.1. The van der Waals surface area contributed by atoms with Crippen LogP contribution in [0.5, 0.6) is 0 Å². The molecule has 16 heavy (non-hydrogen) atoms. The first kappa shape index (κ1) is 12.8. The van der Waals surface area contributed by atoms with Crippen LogP contribution in [0.1, 0.15) is 60.2 Å². The zero-order valence-electron chi connectivity index (χ0n) is 10.6. The number of aromatic nitrogens is 2. The van der Waals surface area contributed by atoms with Crippen LogP contribution in [-0.4, -0.2) is 15.8 Å². The minimum Gasteiger partial charge on any atom is -0.292 e. The highest BCUT2D eigenvalue weighted by Gasteiger charge is 2.13. The lowest BCUT2D eigenvalue weighted by Crippen LogP contribution is -2.09. The Labute approximate surface area is 97.3 Å². The van der Waals surface area contributed by atoms with Gasteiger partial charge in [0.25, 0.3) is 0 Å².